The van der Waals surface area contributed by atoms with E-state index in [1.807, 2.05) is 18.3 Å². The number of hydrogen-bond acceptors (Lipinski definition) is 2. The Morgan fingerprint density at radius 2 is 2.36 bits per heavy atom. The molecular weight excluding hydrogens is 172 g/mol. The van der Waals surface area contributed by atoms with Crippen LogP contribution in [0, 0.1) is 5.92 Å². The van der Waals surface area contributed by atoms with Crippen LogP contribution in [0.25, 0.3) is 0 Å². The Balaban J connectivity index is 1.81. The maximum Gasteiger partial charge on any atom is 0.0541 e. The van der Waals surface area contributed by atoms with E-state index in [4.69, 9.17) is 0 Å². The van der Waals surface area contributed by atoms with Crippen molar-refractivity contribution >= 4 is 0 Å². The van der Waals surface area contributed by atoms with Crippen LogP contribution in [0.15, 0.2) is 24.4 Å². The zero-order valence-corrected chi connectivity index (χ0v) is 8.74. The number of nitrogens with one attached hydrogen (secondary N) is 1. The lowest BCUT2D eigenvalue weighted by Gasteiger charge is -2.15. The Labute approximate surface area is 85.7 Å². The summed E-state index contributed by atoms with van der Waals surface area (Å²) in [6, 6.07) is 6.79. The third-order valence-electron chi connectivity index (χ3n) is 2.90. The molecule has 1 aromatic rings. The van der Waals surface area contributed by atoms with Crippen molar-refractivity contribution in [1.29, 1.82) is 0 Å². The van der Waals surface area contributed by atoms with Gasteiger partial charge in [-0.2, -0.15) is 0 Å². The molecule has 0 radical (unpaired) electrons. The lowest BCUT2D eigenvalue weighted by Crippen LogP contribution is -2.30. The van der Waals surface area contributed by atoms with Gasteiger partial charge in [-0.15, -0.1) is 0 Å². The maximum atomic E-state index is 4.30. The Morgan fingerprint density at radius 3 is 2.93 bits per heavy atom. The van der Waals surface area contributed by atoms with Crippen LogP contribution in [0.3, 0.4) is 0 Å². The SMILES string of the molecule is CCC(NCc1ccccn1)C1CC1. The van der Waals surface area contributed by atoms with E-state index in [2.05, 4.69) is 23.3 Å². The summed E-state index contributed by atoms with van der Waals surface area (Å²) in [7, 11) is 0. The smallest absolute Gasteiger partial charge is 0.0541 e. The summed E-state index contributed by atoms with van der Waals surface area (Å²) in [5.41, 5.74) is 1.14. The van der Waals surface area contributed by atoms with E-state index in [-0.39, 0.29) is 0 Å². The van der Waals surface area contributed by atoms with E-state index in [9.17, 15) is 0 Å². The number of rotatable bonds is 5. The van der Waals surface area contributed by atoms with Gasteiger partial charge >= 0.3 is 0 Å². The Bertz CT molecular complexity index is 267. The van der Waals surface area contributed by atoms with Crippen LogP contribution >= 0.6 is 0 Å². The molecule has 1 unspecified atom stereocenters. The van der Waals surface area contributed by atoms with Crippen LogP contribution in [0.1, 0.15) is 31.9 Å². The molecule has 2 rings (SSSR count). The summed E-state index contributed by atoms with van der Waals surface area (Å²) >= 11 is 0. The Morgan fingerprint density at radius 1 is 1.50 bits per heavy atom. The molecular formula is C12H18N2. The highest BCUT2D eigenvalue weighted by molar-refractivity contribution is 5.03. The fourth-order valence-electron chi connectivity index (χ4n) is 1.88. The molecule has 0 saturated heterocycles. The van der Waals surface area contributed by atoms with Crippen molar-refractivity contribution in [3.05, 3.63) is 30.1 Å². The molecule has 0 aliphatic heterocycles. The molecule has 76 valence electrons. The molecule has 0 amide bonds. The normalized spacial score (nSPS) is 18.1. The number of aromatic nitrogens is 1. The van der Waals surface area contributed by atoms with Gasteiger partial charge in [0, 0.05) is 18.8 Å². The summed E-state index contributed by atoms with van der Waals surface area (Å²) in [6.45, 7) is 3.17. The van der Waals surface area contributed by atoms with Gasteiger partial charge < -0.3 is 5.32 Å². The second kappa shape index (κ2) is 4.56. The predicted molar refractivity (Wildman–Crippen MR) is 57.9 cm³/mol. The molecule has 1 N–H and O–H groups in total. The molecule has 1 aromatic heterocycles. The topological polar surface area (TPSA) is 24.9 Å². The average Bonchev–Trinajstić information content (AvgIpc) is 3.05. The third kappa shape index (κ3) is 2.55. The van der Waals surface area contributed by atoms with Crippen molar-refractivity contribution in [1.82, 2.24) is 10.3 Å². The second-order valence-corrected chi connectivity index (χ2v) is 4.05. The van der Waals surface area contributed by atoms with Crippen molar-refractivity contribution in [2.75, 3.05) is 0 Å². The zero-order valence-electron chi connectivity index (χ0n) is 8.74. The van der Waals surface area contributed by atoms with Crippen molar-refractivity contribution in [3.63, 3.8) is 0 Å². The quantitative estimate of drug-likeness (QED) is 0.771. The largest absolute Gasteiger partial charge is 0.308 e. The van der Waals surface area contributed by atoms with E-state index < -0.39 is 0 Å². The van der Waals surface area contributed by atoms with Crippen molar-refractivity contribution < 1.29 is 0 Å². The van der Waals surface area contributed by atoms with E-state index in [0.717, 1.165) is 18.2 Å². The van der Waals surface area contributed by atoms with Gasteiger partial charge in [-0.05, 0) is 37.3 Å². The van der Waals surface area contributed by atoms with Crippen molar-refractivity contribution in [2.24, 2.45) is 5.92 Å². The van der Waals surface area contributed by atoms with E-state index in [1.54, 1.807) is 0 Å². The number of hydrogen-bond donors (Lipinski definition) is 1. The van der Waals surface area contributed by atoms with Gasteiger partial charge in [0.2, 0.25) is 0 Å². The van der Waals surface area contributed by atoms with Gasteiger partial charge in [-0.25, -0.2) is 0 Å². The number of pyridine rings is 1. The lowest BCUT2D eigenvalue weighted by molar-refractivity contribution is 0.446. The van der Waals surface area contributed by atoms with E-state index in [0.29, 0.717) is 6.04 Å². The molecule has 1 aliphatic rings. The first-order valence-electron chi connectivity index (χ1n) is 5.53. The first-order valence-corrected chi connectivity index (χ1v) is 5.53. The average molecular weight is 190 g/mol. The van der Waals surface area contributed by atoms with Gasteiger partial charge in [0.05, 0.1) is 5.69 Å². The Hall–Kier alpha value is -0.890. The highest BCUT2D eigenvalue weighted by atomic mass is 14.9. The molecule has 1 fully saturated rings. The molecule has 1 heterocycles. The minimum absolute atomic E-state index is 0.706. The fraction of sp³-hybridized carbons (Fsp3) is 0.583. The van der Waals surface area contributed by atoms with Crippen molar-refractivity contribution in [3.8, 4) is 0 Å². The molecule has 1 aliphatic carbocycles. The van der Waals surface area contributed by atoms with Crippen LogP contribution in [0.4, 0.5) is 0 Å². The Kier molecular flexibility index (Phi) is 3.14. The zero-order chi connectivity index (χ0) is 9.80. The molecule has 0 bridgehead atoms. The monoisotopic (exact) mass is 190 g/mol. The van der Waals surface area contributed by atoms with Crippen molar-refractivity contribution in [2.45, 2.75) is 38.8 Å². The van der Waals surface area contributed by atoms with Crippen LogP contribution < -0.4 is 5.32 Å². The third-order valence-corrected chi connectivity index (χ3v) is 2.90. The first-order chi connectivity index (χ1) is 6.90. The van der Waals surface area contributed by atoms with E-state index in [1.165, 1.54) is 19.3 Å². The van der Waals surface area contributed by atoms with Gasteiger partial charge in [-0.1, -0.05) is 13.0 Å². The predicted octanol–water partition coefficient (Wildman–Crippen LogP) is 2.36. The van der Waals surface area contributed by atoms with Crippen LogP contribution in [0.2, 0.25) is 0 Å². The highest BCUT2D eigenvalue weighted by Crippen LogP contribution is 2.33. The lowest BCUT2D eigenvalue weighted by atomic mass is 10.1. The molecule has 1 atom stereocenters. The van der Waals surface area contributed by atoms with Crippen LogP contribution in [0.5, 0.6) is 0 Å². The summed E-state index contributed by atoms with van der Waals surface area (Å²) < 4.78 is 0. The van der Waals surface area contributed by atoms with Gasteiger partial charge in [-0.3, -0.25) is 4.98 Å². The second-order valence-electron chi connectivity index (χ2n) is 4.05. The fourth-order valence-corrected chi connectivity index (χ4v) is 1.88. The molecule has 2 heteroatoms. The summed E-state index contributed by atoms with van der Waals surface area (Å²) in [4.78, 5) is 4.30. The summed E-state index contributed by atoms with van der Waals surface area (Å²) in [5.74, 6) is 0.934. The molecule has 2 nitrogen and oxygen atoms in total. The van der Waals surface area contributed by atoms with E-state index >= 15 is 0 Å². The molecule has 0 spiro atoms. The first kappa shape index (κ1) is 9.66. The maximum absolute atomic E-state index is 4.30. The highest BCUT2D eigenvalue weighted by Gasteiger charge is 2.29. The molecule has 0 aromatic carbocycles. The van der Waals surface area contributed by atoms with Gasteiger partial charge in [0.25, 0.3) is 0 Å². The minimum Gasteiger partial charge on any atom is -0.308 e. The van der Waals surface area contributed by atoms with Gasteiger partial charge in [0.15, 0.2) is 0 Å². The molecule has 1 saturated carbocycles. The number of nitrogens with zero attached hydrogens (tertiary/aromatic N) is 1. The minimum atomic E-state index is 0.706. The summed E-state index contributed by atoms with van der Waals surface area (Å²) in [6.07, 6.45) is 5.91. The standard InChI is InChI=1S/C12H18N2/c1-2-12(10-6-7-10)14-9-11-5-3-4-8-13-11/h3-5,8,10,12,14H,2,6-7,9H2,1H3. The van der Waals surface area contributed by atoms with Crippen LogP contribution in [-0.4, -0.2) is 11.0 Å². The molecule has 14 heavy (non-hydrogen) atoms. The van der Waals surface area contributed by atoms with Crippen LogP contribution in [-0.2, 0) is 6.54 Å². The summed E-state index contributed by atoms with van der Waals surface area (Å²) in [5, 5.41) is 3.59. The van der Waals surface area contributed by atoms with Gasteiger partial charge in [0.1, 0.15) is 0 Å².